The van der Waals surface area contributed by atoms with Crippen LogP contribution >= 0.6 is 0 Å². The van der Waals surface area contributed by atoms with Crippen molar-refractivity contribution in [1.82, 2.24) is 19.5 Å². The predicted octanol–water partition coefficient (Wildman–Crippen LogP) is 14.8. The normalized spacial score (nSPS) is 12.2. The Balaban J connectivity index is 1.04. The van der Waals surface area contributed by atoms with Crippen LogP contribution < -0.4 is 0 Å². The molecule has 288 valence electrons. The third-order valence-corrected chi connectivity index (χ3v) is 12.4. The van der Waals surface area contributed by atoms with Crippen molar-refractivity contribution in [3.05, 3.63) is 182 Å². The Morgan fingerprint density at radius 2 is 0.855 bits per heavy atom. The summed E-state index contributed by atoms with van der Waals surface area (Å²) in [6, 6.07) is 62.8. The van der Waals surface area contributed by atoms with Crippen molar-refractivity contribution in [1.29, 1.82) is 0 Å². The molecule has 0 atom stereocenters. The second-order valence-electron chi connectivity index (χ2n) is 15.9. The lowest BCUT2D eigenvalue weighted by Gasteiger charge is -2.13. The van der Waals surface area contributed by atoms with Gasteiger partial charge in [0.1, 0.15) is 33.5 Å². The van der Waals surface area contributed by atoms with Crippen molar-refractivity contribution in [2.45, 2.75) is 0 Å². The first-order chi connectivity index (χ1) is 30.7. The summed E-state index contributed by atoms with van der Waals surface area (Å²) in [5.41, 5.74) is 10.3. The third-order valence-electron chi connectivity index (χ3n) is 12.4. The Hall–Kier alpha value is -8.55. The largest absolute Gasteiger partial charge is 0.456 e. The molecule has 5 heterocycles. The molecule has 9 aromatic carbocycles. The van der Waals surface area contributed by atoms with Gasteiger partial charge in [0, 0.05) is 48.8 Å². The minimum absolute atomic E-state index is 0.489. The molecule has 0 bridgehead atoms. The Kier molecular flexibility index (Phi) is 6.71. The van der Waals surface area contributed by atoms with E-state index in [1.807, 2.05) is 60.7 Å². The molecule has 7 heteroatoms. The zero-order valence-electron chi connectivity index (χ0n) is 32.8. The standard InChI is InChI=1S/C55H30N4O3/c1-2-12-32-28-45-42(27-31(32)11-1)35-13-3-7-17-43(35)59(45)44-26-25-41(52-51(44)40-16-6-10-20-48(40)62-52)55-57-53(33-21-23-38-36-14-4-8-18-46(36)60-49(38)29-33)56-54(58-55)34-22-24-39-37-15-5-9-19-47(37)61-50(39)30-34/h1-30H. The Morgan fingerprint density at radius 3 is 1.52 bits per heavy atom. The van der Waals surface area contributed by atoms with Gasteiger partial charge in [0.15, 0.2) is 17.5 Å². The van der Waals surface area contributed by atoms with Crippen LogP contribution in [0.15, 0.2) is 195 Å². The molecule has 0 saturated heterocycles. The first-order valence-electron chi connectivity index (χ1n) is 20.7. The van der Waals surface area contributed by atoms with Gasteiger partial charge in [-0.1, -0.05) is 109 Å². The van der Waals surface area contributed by atoms with Gasteiger partial charge in [0.25, 0.3) is 0 Å². The number of para-hydroxylation sites is 4. The highest BCUT2D eigenvalue weighted by Gasteiger charge is 2.24. The van der Waals surface area contributed by atoms with E-state index in [-0.39, 0.29) is 0 Å². The number of furan rings is 3. The SMILES string of the molecule is c1ccc2cc3c(cc2c1)c1ccccc1n3-c1ccc(-c2nc(-c3ccc4c(c3)oc3ccccc34)nc(-c3ccc4c(c3)oc3ccccc34)n2)c2oc3ccccc3c12. The number of fused-ring (bicyclic) bond motifs is 13. The van der Waals surface area contributed by atoms with E-state index < -0.39 is 0 Å². The summed E-state index contributed by atoms with van der Waals surface area (Å²) in [6.07, 6.45) is 0. The van der Waals surface area contributed by atoms with Crippen molar-refractivity contribution in [2.24, 2.45) is 0 Å². The van der Waals surface area contributed by atoms with E-state index in [0.29, 0.717) is 23.1 Å². The topological polar surface area (TPSA) is 83.0 Å². The smallest absolute Gasteiger partial charge is 0.167 e. The fourth-order valence-corrected chi connectivity index (χ4v) is 9.57. The van der Waals surface area contributed by atoms with Gasteiger partial charge in [-0.25, -0.2) is 15.0 Å². The molecule has 0 saturated carbocycles. The second-order valence-corrected chi connectivity index (χ2v) is 15.9. The zero-order chi connectivity index (χ0) is 40.5. The van der Waals surface area contributed by atoms with Gasteiger partial charge in [-0.15, -0.1) is 0 Å². The number of aromatic nitrogens is 4. The van der Waals surface area contributed by atoms with Gasteiger partial charge in [-0.2, -0.15) is 0 Å². The molecular weight excluding hydrogens is 765 g/mol. The van der Waals surface area contributed by atoms with E-state index in [2.05, 4.69) is 126 Å². The summed E-state index contributed by atoms with van der Waals surface area (Å²) in [5.74, 6) is 1.52. The van der Waals surface area contributed by atoms with Crippen molar-refractivity contribution in [3.8, 4) is 39.9 Å². The Bertz CT molecular complexity index is 4060. The summed E-state index contributed by atoms with van der Waals surface area (Å²) in [6.45, 7) is 0. The van der Waals surface area contributed by atoms with Crippen LogP contribution in [-0.2, 0) is 0 Å². The average Bonchev–Trinajstić information content (AvgIpc) is 4.09. The van der Waals surface area contributed by atoms with Crippen LogP contribution in [0.25, 0.3) is 138 Å². The molecule has 0 N–H and O–H groups in total. The molecule has 0 amide bonds. The lowest BCUT2D eigenvalue weighted by molar-refractivity contribution is 0.668. The minimum atomic E-state index is 0.489. The van der Waals surface area contributed by atoms with E-state index in [1.54, 1.807) is 0 Å². The van der Waals surface area contributed by atoms with Crippen LogP contribution in [0.2, 0.25) is 0 Å². The maximum absolute atomic E-state index is 6.90. The number of rotatable bonds is 4. The monoisotopic (exact) mass is 794 g/mol. The van der Waals surface area contributed by atoms with Gasteiger partial charge in [0.05, 0.1) is 27.7 Å². The van der Waals surface area contributed by atoms with E-state index in [4.69, 9.17) is 28.2 Å². The van der Waals surface area contributed by atoms with Crippen molar-refractivity contribution in [2.75, 3.05) is 0 Å². The molecule has 0 spiro atoms. The summed E-state index contributed by atoms with van der Waals surface area (Å²) in [7, 11) is 0. The molecule has 0 unspecified atom stereocenters. The highest BCUT2D eigenvalue weighted by Crippen LogP contribution is 2.43. The van der Waals surface area contributed by atoms with Crippen molar-refractivity contribution >= 4 is 98.4 Å². The summed E-state index contributed by atoms with van der Waals surface area (Å²) >= 11 is 0. The fourth-order valence-electron chi connectivity index (χ4n) is 9.57. The molecule has 0 aliphatic carbocycles. The molecule has 7 nitrogen and oxygen atoms in total. The van der Waals surface area contributed by atoms with Crippen LogP contribution in [0.1, 0.15) is 0 Å². The summed E-state index contributed by atoms with van der Waals surface area (Å²) in [4.78, 5) is 15.7. The van der Waals surface area contributed by atoms with E-state index in [1.165, 1.54) is 21.5 Å². The average molecular weight is 795 g/mol. The molecule has 14 rings (SSSR count). The molecule has 0 aliphatic heterocycles. The predicted molar refractivity (Wildman–Crippen MR) is 250 cm³/mol. The third kappa shape index (κ3) is 4.78. The maximum atomic E-state index is 6.90. The van der Waals surface area contributed by atoms with Gasteiger partial charge in [-0.05, 0) is 83.6 Å². The highest BCUT2D eigenvalue weighted by atomic mass is 16.3. The molecular formula is C55H30N4O3. The molecule has 5 aromatic heterocycles. The molecule has 0 fully saturated rings. The summed E-state index contributed by atoms with van der Waals surface area (Å²) in [5, 5.41) is 10.9. The van der Waals surface area contributed by atoms with Crippen molar-refractivity contribution < 1.29 is 13.3 Å². The van der Waals surface area contributed by atoms with E-state index >= 15 is 0 Å². The maximum Gasteiger partial charge on any atom is 0.167 e. The molecule has 62 heavy (non-hydrogen) atoms. The van der Waals surface area contributed by atoms with E-state index in [9.17, 15) is 0 Å². The number of benzene rings is 9. The molecule has 0 aliphatic rings. The molecule has 0 radical (unpaired) electrons. The van der Waals surface area contributed by atoms with Gasteiger partial charge < -0.3 is 17.8 Å². The molecule has 14 aromatic rings. The second kappa shape index (κ2) is 12.5. The van der Waals surface area contributed by atoms with Crippen LogP contribution in [0.5, 0.6) is 0 Å². The first-order valence-corrected chi connectivity index (χ1v) is 20.7. The van der Waals surface area contributed by atoms with Gasteiger partial charge >= 0.3 is 0 Å². The highest BCUT2D eigenvalue weighted by molar-refractivity contribution is 6.18. The number of hydrogen-bond acceptors (Lipinski definition) is 6. The van der Waals surface area contributed by atoms with Crippen molar-refractivity contribution in [3.63, 3.8) is 0 Å². The Morgan fingerprint density at radius 1 is 0.339 bits per heavy atom. The van der Waals surface area contributed by atoms with Gasteiger partial charge in [-0.3, -0.25) is 0 Å². The fraction of sp³-hybridized carbons (Fsp3) is 0. The first kappa shape index (κ1) is 33.3. The zero-order valence-corrected chi connectivity index (χ0v) is 32.8. The van der Waals surface area contributed by atoms with Gasteiger partial charge in [0.2, 0.25) is 0 Å². The van der Waals surface area contributed by atoms with Crippen LogP contribution in [0.3, 0.4) is 0 Å². The Labute approximate surface area is 351 Å². The van der Waals surface area contributed by atoms with Crippen LogP contribution in [0, 0.1) is 0 Å². The number of nitrogens with zero attached hydrogens (tertiary/aromatic N) is 4. The quantitative estimate of drug-likeness (QED) is 0.176. The lowest BCUT2D eigenvalue weighted by Crippen LogP contribution is -2.01. The number of hydrogen-bond donors (Lipinski definition) is 0. The summed E-state index contributed by atoms with van der Waals surface area (Å²) < 4.78 is 22.0. The van der Waals surface area contributed by atoms with Crippen LogP contribution in [0.4, 0.5) is 0 Å². The lowest BCUT2D eigenvalue weighted by atomic mass is 10.0. The minimum Gasteiger partial charge on any atom is -0.456 e. The van der Waals surface area contributed by atoms with E-state index in [0.717, 1.165) is 93.6 Å². The van der Waals surface area contributed by atoms with Crippen LogP contribution in [-0.4, -0.2) is 19.5 Å².